The molecule has 16 heavy (non-hydrogen) atoms. The molecule has 0 aromatic heterocycles. The van der Waals surface area contributed by atoms with E-state index in [9.17, 15) is 13.2 Å². The van der Waals surface area contributed by atoms with Crippen LogP contribution < -0.4 is 4.72 Å². The van der Waals surface area contributed by atoms with Gasteiger partial charge in [-0.3, -0.25) is 4.79 Å². The maximum Gasteiger partial charge on any atom is 0.321 e. The predicted octanol–water partition coefficient (Wildman–Crippen LogP) is -0.958. The van der Waals surface area contributed by atoms with Crippen LogP contribution in [0, 0.1) is 0 Å². The van der Waals surface area contributed by atoms with Crippen molar-refractivity contribution < 1.29 is 27.8 Å². The molecule has 1 atom stereocenters. The molecule has 0 saturated carbocycles. The number of carboxylic acids is 1. The fraction of sp³-hybridized carbons (Fsp3) is 0.875. The van der Waals surface area contributed by atoms with Crippen LogP contribution in [0.25, 0.3) is 0 Å². The minimum atomic E-state index is -3.63. The highest BCUT2D eigenvalue weighted by molar-refractivity contribution is 7.89. The molecule has 8 heteroatoms. The van der Waals surface area contributed by atoms with E-state index < -0.39 is 22.0 Å². The van der Waals surface area contributed by atoms with Crippen molar-refractivity contribution in [3.05, 3.63) is 0 Å². The number of carbonyl (C=O) groups is 1. The summed E-state index contributed by atoms with van der Waals surface area (Å²) in [5, 5.41) is 8.77. The molecule has 0 amide bonds. The molecule has 0 aromatic carbocycles. The van der Waals surface area contributed by atoms with Crippen LogP contribution in [-0.4, -0.2) is 58.7 Å². The molecule has 0 heterocycles. The fourth-order valence-corrected chi connectivity index (χ4v) is 2.09. The van der Waals surface area contributed by atoms with Crippen molar-refractivity contribution in [2.75, 3.05) is 33.2 Å². The monoisotopic (exact) mass is 255 g/mol. The molecule has 0 aliphatic heterocycles. The quantitative estimate of drug-likeness (QED) is 0.550. The highest BCUT2D eigenvalue weighted by atomic mass is 32.2. The molecule has 0 aromatic rings. The van der Waals surface area contributed by atoms with Crippen molar-refractivity contribution in [2.24, 2.45) is 0 Å². The van der Waals surface area contributed by atoms with Gasteiger partial charge in [-0.05, 0) is 6.42 Å². The van der Waals surface area contributed by atoms with E-state index in [0.29, 0.717) is 0 Å². The van der Waals surface area contributed by atoms with Crippen molar-refractivity contribution >= 4 is 16.0 Å². The zero-order chi connectivity index (χ0) is 12.6. The number of rotatable bonds is 9. The average Bonchev–Trinajstić information content (AvgIpc) is 2.21. The summed E-state index contributed by atoms with van der Waals surface area (Å²) < 4.78 is 34.1. The molecule has 0 fully saturated rings. The highest BCUT2D eigenvalue weighted by Crippen LogP contribution is 1.97. The van der Waals surface area contributed by atoms with Crippen molar-refractivity contribution in [3.8, 4) is 0 Å². The Balaban J connectivity index is 4.32. The summed E-state index contributed by atoms with van der Waals surface area (Å²) in [5.74, 6) is -1.49. The molecule has 2 N–H and O–H groups in total. The van der Waals surface area contributed by atoms with Crippen LogP contribution in [0.15, 0.2) is 0 Å². The largest absolute Gasteiger partial charge is 0.480 e. The first-order valence-corrected chi connectivity index (χ1v) is 6.29. The Labute approximate surface area is 94.8 Å². The van der Waals surface area contributed by atoms with Gasteiger partial charge in [-0.25, -0.2) is 13.1 Å². The van der Waals surface area contributed by atoms with E-state index >= 15 is 0 Å². The Morgan fingerprint density at radius 2 is 1.88 bits per heavy atom. The molecule has 0 saturated heterocycles. The third-order valence-electron chi connectivity index (χ3n) is 1.79. The Morgan fingerprint density at radius 3 is 2.31 bits per heavy atom. The van der Waals surface area contributed by atoms with Gasteiger partial charge in [0.05, 0.1) is 12.4 Å². The van der Waals surface area contributed by atoms with Gasteiger partial charge in [0.1, 0.15) is 6.04 Å². The van der Waals surface area contributed by atoms with Crippen LogP contribution in [0.1, 0.15) is 6.42 Å². The van der Waals surface area contributed by atoms with Crippen molar-refractivity contribution in [2.45, 2.75) is 12.5 Å². The molecule has 96 valence electrons. The van der Waals surface area contributed by atoms with Crippen molar-refractivity contribution in [3.63, 3.8) is 0 Å². The van der Waals surface area contributed by atoms with Crippen LogP contribution in [0.5, 0.6) is 0 Å². The standard InChI is InChI=1S/C8H17NO6S/c1-14-4-3-7(8(10)11)9-16(12,13)6-5-15-2/h7,9H,3-6H2,1-2H3,(H,10,11). The second kappa shape index (κ2) is 7.55. The summed E-state index contributed by atoms with van der Waals surface area (Å²) in [6.45, 7) is 0.190. The second-order valence-corrected chi connectivity index (χ2v) is 4.98. The lowest BCUT2D eigenvalue weighted by Crippen LogP contribution is -2.43. The molecule has 0 radical (unpaired) electrons. The number of aliphatic carboxylic acids is 1. The number of hydrogen-bond donors (Lipinski definition) is 2. The molecule has 0 spiro atoms. The lowest BCUT2D eigenvalue weighted by Gasteiger charge is -2.13. The predicted molar refractivity (Wildman–Crippen MR) is 56.7 cm³/mol. The van der Waals surface area contributed by atoms with Crippen molar-refractivity contribution in [1.82, 2.24) is 4.72 Å². The van der Waals surface area contributed by atoms with Gasteiger partial charge in [0, 0.05) is 20.8 Å². The van der Waals surface area contributed by atoms with E-state index in [1.54, 1.807) is 0 Å². The van der Waals surface area contributed by atoms with Crippen LogP contribution in [0.4, 0.5) is 0 Å². The normalized spacial score (nSPS) is 13.6. The first-order valence-electron chi connectivity index (χ1n) is 4.63. The number of methoxy groups -OCH3 is 2. The number of carboxylic acid groups (broad SMARTS) is 1. The number of sulfonamides is 1. The van der Waals surface area contributed by atoms with Gasteiger partial charge in [0.2, 0.25) is 10.0 Å². The van der Waals surface area contributed by atoms with Crippen LogP contribution in [0.3, 0.4) is 0 Å². The van der Waals surface area contributed by atoms with Gasteiger partial charge < -0.3 is 14.6 Å². The van der Waals surface area contributed by atoms with E-state index in [-0.39, 0.29) is 25.4 Å². The topological polar surface area (TPSA) is 102 Å². The van der Waals surface area contributed by atoms with Gasteiger partial charge in [-0.15, -0.1) is 0 Å². The molecular formula is C8H17NO6S. The van der Waals surface area contributed by atoms with E-state index in [1.165, 1.54) is 14.2 Å². The summed E-state index contributed by atoms with van der Waals surface area (Å²) in [5.41, 5.74) is 0. The molecule has 0 aliphatic rings. The maximum absolute atomic E-state index is 11.4. The molecule has 0 aliphatic carbocycles. The van der Waals surface area contributed by atoms with Gasteiger partial charge in [0.25, 0.3) is 0 Å². The number of ether oxygens (including phenoxy) is 2. The van der Waals surface area contributed by atoms with E-state index in [1.807, 2.05) is 0 Å². The first kappa shape index (κ1) is 15.3. The summed E-state index contributed by atoms with van der Waals surface area (Å²) in [7, 11) is -0.845. The summed E-state index contributed by atoms with van der Waals surface area (Å²) in [6.07, 6.45) is 0.0814. The molecule has 0 rings (SSSR count). The molecule has 1 unspecified atom stereocenters. The Hall–Kier alpha value is -0.700. The summed E-state index contributed by atoms with van der Waals surface area (Å²) >= 11 is 0. The third-order valence-corrected chi connectivity index (χ3v) is 3.13. The van der Waals surface area contributed by atoms with Crippen LogP contribution in [0.2, 0.25) is 0 Å². The Kier molecular flexibility index (Phi) is 7.22. The minimum absolute atomic E-state index is 0.0198. The van der Waals surface area contributed by atoms with Gasteiger partial charge in [0.15, 0.2) is 0 Å². The molecular weight excluding hydrogens is 238 g/mol. The van der Waals surface area contributed by atoms with E-state index in [4.69, 9.17) is 9.84 Å². The average molecular weight is 255 g/mol. The van der Waals surface area contributed by atoms with Crippen LogP contribution in [-0.2, 0) is 24.3 Å². The summed E-state index contributed by atoms with van der Waals surface area (Å²) in [6, 6.07) is -1.16. The Morgan fingerprint density at radius 1 is 1.31 bits per heavy atom. The van der Waals surface area contributed by atoms with Gasteiger partial charge >= 0.3 is 5.97 Å². The zero-order valence-electron chi connectivity index (χ0n) is 9.30. The lowest BCUT2D eigenvalue weighted by molar-refractivity contribution is -0.139. The summed E-state index contributed by atoms with van der Waals surface area (Å²) in [4.78, 5) is 10.7. The lowest BCUT2D eigenvalue weighted by atomic mass is 10.2. The first-order chi connectivity index (χ1) is 7.43. The second-order valence-electron chi connectivity index (χ2n) is 3.10. The van der Waals surface area contributed by atoms with Gasteiger partial charge in [-0.1, -0.05) is 0 Å². The Bertz CT molecular complexity index is 302. The van der Waals surface area contributed by atoms with E-state index in [2.05, 4.69) is 9.46 Å². The molecule has 7 nitrogen and oxygen atoms in total. The third kappa shape index (κ3) is 6.72. The molecule has 0 bridgehead atoms. The van der Waals surface area contributed by atoms with E-state index in [0.717, 1.165) is 0 Å². The highest BCUT2D eigenvalue weighted by Gasteiger charge is 2.23. The fourth-order valence-electron chi connectivity index (χ4n) is 0.937. The smallest absolute Gasteiger partial charge is 0.321 e. The van der Waals surface area contributed by atoms with Crippen LogP contribution >= 0.6 is 0 Å². The zero-order valence-corrected chi connectivity index (χ0v) is 10.1. The van der Waals surface area contributed by atoms with Gasteiger partial charge in [-0.2, -0.15) is 0 Å². The SMILES string of the molecule is COCCC(NS(=O)(=O)CCOC)C(=O)O. The maximum atomic E-state index is 11.4. The van der Waals surface area contributed by atoms with Crippen molar-refractivity contribution in [1.29, 1.82) is 0 Å². The number of nitrogens with one attached hydrogen (secondary N) is 1. The minimum Gasteiger partial charge on any atom is -0.480 e. The number of hydrogen-bond acceptors (Lipinski definition) is 5.